The molecule has 1 aromatic rings. The van der Waals surface area contributed by atoms with E-state index in [9.17, 15) is 4.79 Å². The molecule has 1 heterocycles. The number of hydrogen-bond donors (Lipinski definition) is 1. The Morgan fingerprint density at radius 3 is 2.95 bits per heavy atom. The fourth-order valence-corrected chi connectivity index (χ4v) is 2.72. The van der Waals surface area contributed by atoms with Crippen molar-refractivity contribution in [3.8, 4) is 0 Å². The van der Waals surface area contributed by atoms with Crippen molar-refractivity contribution in [1.29, 1.82) is 0 Å². The zero-order valence-corrected chi connectivity index (χ0v) is 12.9. The quantitative estimate of drug-likeness (QED) is 0.514. The van der Waals surface area contributed by atoms with Gasteiger partial charge in [-0.2, -0.15) is 0 Å². The third-order valence-corrected chi connectivity index (χ3v) is 4.06. The largest absolute Gasteiger partial charge is 0.352 e. The number of carbonyl (C=O) groups excluding carboxylic acids is 1. The van der Waals surface area contributed by atoms with Crippen molar-refractivity contribution in [2.75, 3.05) is 12.8 Å². The number of nitrogens with one attached hydrogen (secondary N) is 1. The monoisotopic (exact) mass is 291 g/mol. The van der Waals surface area contributed by atoms with E-state index in [-0.39, 0.29) is 5.91 Å². The average molecular weight is 291 g/mol. The van der Waals surface area contributed by atoms with Gasteiger partial charge in [0, 0.05) is 12.7 Å². The van der Waals surface area contributed by atoms with E-state index in [1.807, 2.05) is 13.2 Å². The topological polar surface area (TPSA) is 54.9 Å². The van der Waals surface area contributed by atoms with Crippen LogP contribution in [0.3, 0.4) is 0 Å². The van der Waals surface area contributed by atoms with Gasteiger partial charge in [-0.25, -0.2) is 9.97 Å². The Morgan fingerprint density at radius 2 is 2.30 bits per heavy atom. The first-order chi connectivity index (χ1) is 9.70. The Labute approximate surface area is 124 Å². The molecule has 0 saturated carbocycles. The molecule has 0 atom stereocenters. The molecule has 108 valence electrons. The number of allylic oxidation sites excluding steroid dienone is 1. The summed E-state index contributed by atoms with van der Waals surface area (Å²) < 4.78 is 0. The molecule has 0 bridgehead atoms. The molecule has 5 heteroatoms. The van der Waals surface area contributed by atoms with E-state index >= 15 is 0 Å². The summed E-state index contributed by atoms with van der Waals surface area (Å²) in [4.78, 5) is 20.5. The van der Waals surface area contributed by atoms with Crippen LogP contribution < -0.4 is 5.32 Å². The van der Waals surface area contributed by atoms with Gasteiger partial charge in [-0.1, -0.05) is 23.4 Å². The van der Waals surface area contributed by atoms with E-state index < -0.39 is 0 Å². The van der Waals surface area contributed by atoms with Gasteiger partial charge in [0.1, 0.15) is 0 Å². The highest BCUT2D eigenvalue weighted by atomic mass is 32.2. The molecule has 0 aliphatic heterocycles. The maximum absolute atomic E-state index is 12.1. The second-order valence-electron chi connectivity index (χ2n) is 4.97. The summed E-state index contributed by atoms with van der Waals surface area (Å²) in [5.74, 6) is -0.0773. The van der Waals surface area contributed by atoms with E-state index in [0.717, 1.165) is 12.1 Å². The molecule has 0 fully saturated rings. The lowest BCUT2D eigenvalue weighted by molar-refractivity contribution is 0.0952. The fraction of sp³-hybridized carbons (Fsp3) is 0.533. The minimum atomic E-state index is -0.0773. The van der Waals surface area contributed by atoms with E-state index in [4.69, 9.17) is 0 Å². The first-order valence-corrected chi connectivity index (χ1v) is 8.27. The van der Waals surface area contributed by atoms with Crippen LogP contribution in [-0.2, 0) is 0 Å². The van der Waals surface area contributed by atoms with Gasteiger partial charge < -0.3 is 5.32 Å². The molecule has 4 nitrogen and oxygen atoms in total. The second-order valence-corrected chi connectivity index (χ2v) is 5.74. The maximum Gasteiger partial charge on any atom is 0.254 e. The van der Waals surface area contributed by atoms with Crippen molar-refractivity contribution in [3.63, 3.8) is 0 Å². The van der Waals surface area contributed by atoms with Crippen molar-refractivity contribution in [2.45, 2.75) is 44.2 Å². The average Bonchev–Trinajstić information content (AvgIpc) is 2.48. The van der Waals surface area contributed by atoms with E-state index in [1.165, 1.54) is 43.0 Å². The van der Waals surface area contributed by atoms with Crippen LogP contribution in [0.2, 0.25) is 0 Å². The molecular formula is C15H21N3OS. The van der Waals surface area contributed by atoms with Crippen LogP contribution in [0.25, 0.3) is 0 Å². The molecule has 20 heavy (non-hydrogen) atoms. The summed E-state index contributed by atoms with van der Waals surface area (Å²) in [6.45, 7) is 2.54. The number of hydrogen-bond acceptors (Lipinski definition) is 4. The van der Waals surface area contributed by atoms with E-state index in [1.54, 1.807) is 6.20 Å². The minimum Gasteiger partial charge on any atom is -0.352 e. The third-order valence-electron chi connectivity index (χ3n) is 3.50. The van der Waals surface area contributed by atoms with E-state index in [0.29, 0.717) is 17.3 Å². The Bertz CT molecular complexity index is 514. The first-order valence-electron chi connectivity index (χ1n) is 7.04. The summed E-state index contributed by atoms with van der Waals surface area (Å²) >= 11 is 1.48. The molecule has 0 saturated heterocycles. The summed E-state index contributed by atoms with van der Waals surface area (Å²) in [6.07, 6.45) is 11.8. The van der Waals surface area contributed by atoms with E-state index in [2.05, 4.69) is 21.4 Å². The van der Waals surface area contributed by atoms with Gasteiger partial charge in [-0.15, -0.1) is 0 Å². The van der Waals surface area contributed by atoms with Crippen molar-refractivity contribution in [2.24, 2.45) is 0 Å². The Balaban J connectivity index is 1.87. The standard InChI is InChI=1S/C15H21N3OS/c1-11-13(10-17-15(18-11)20-2)14(19)16-9-8-12-6-4-3-5-7-12/h6,10H,3-5,7-9H2,1-2H3,(H,16,19). The normalized spacial score (nSPS) is 14.8. The molecule has 0 radical (unpaired) electrons. The molecule has 1 aliphatic carbocycles. The zero-order valence-electron chi connectivity index (χ0n) is 12.1. The predicted octanol–water partition coefficient (Wildman–Crippen LogP) is 3.13. The van der Waals surface area contributed by atoms with Gasteiger partial charge in [-0.05, 0) is 45.3 Å². The Hall–Kier alpha value is -1.36. The summed E-state index contributed by atoms with van der Waals surface area (Å²) in [5, 5.41) is 3.66. The van der Waals surface area contributed by atoms with Crippen LogP contribution in [0.15, 0.2) is 23.0 Å². The van der Waals surface area contributed by atoms with Crippen LogP contribution in [0.1, 0.15) is 48.2 Å². The molecular weight excluding hydrogens is 270 g/mol. The number of thioether (sulfide) groups is 1. The highest BCUT2D eigenvalue weighted by molar-refractivity contribution is 7.98. The zero-order chi connectivity index (χ0) is 14.4. The maximum atomic E-state index is 12.1. The minimum absolute atomic E-state index is 0.0773. The number of amides is 1. The van der Waals surface area contributed by atoms with Crippen molar-refractivity contribution in [3.05, 3.63) is 29.1 Å². The molecule has 0 spiro atoms. The summed E-state index contributed by atoms with van der Waals surface area (Å²) in [5.41, 5.74) is 2.78. The molecule has 0 aromatic carbocycles. The number of aryl methyl sites for hydroxylation is 1. The van der Waals surface area contributed by atoms with Crippen LogP contribution in [-0.4, -0.2) is 28.7 Å². The van der Waals surface area contributed by atoms with Gasteiger partial charge in [0.15, 0.2) is 5.16 Å². The number of rotatable bonds is 5. The molecule has 1 N–H and O–H groups in total. The highest BCUT2D eigenvalue weighted by Crippen LogP contribution is 2.19. The van der Waals surface area contributed by atoms with Gasteiger partial charge in [-0.3, -0.25) is 4.79 Å². The molecule has 1 aliphatic rings. The van der Waals surface area contributed by atoms with Gasteiger partial charge in [0.2, 0.25) is 0 Å². The number of aromatic nitrogens is 2. The Morgan fingerprint density at radius 1 is 1.45 bits per heavy atom. The first kappa shape index (κ1) is 15.0. The lowest BCUT2D eigenvalue weighted by Crippen LogP contribution is -2.26. The molecule has 1 amide bonds. The molecule has 2 rings (SSSR count). The van der Waals surface area contributed by atoms with Crippen LogP contribution in [0, 0.1) is 6.92 Å². The van der Waals surface area contributed by atoms with Gasteiger partial charge >= 0.3 is 0 Å². The smallest absolute Gasteiger partial charge is 0.254 e. The van der Waals surface area contributed by atoms with Gasteiger partial charge in [0.25, 0.3) is 5.91 Å². The molecule has 0 unspecified atom stereocenters. The summed E-state index contributed by atoms with van der Waals surface area (Å²) in [6, 6.07) is 0. The lowest BCUT2D eigenvalue weighted by Gasteiger charge is -2.13. The number of carbonyl (C=O) groups is 1. The summed E-state index contributed by atoms with van der Waals surface area (Å²) in [7, 11) is 0. The SMILES string of the molecule is CSc1ncc(C(=O)NCCC2=CCCCC2)c(C)n1. The van der Waals surface area contributed by atoms with Crippen molar-refractivity contribution >= 4 is 17.7 Å². The van der Waals surface area contributed by atoms with Crippen LogP contribution in [0.4, 0.5) is 0 Å². The fourth-order valence-electron chi connectivity index (χ4n) is 2.33. The van der Waals surface area contributed by atoms with Crippen molar-refractivity contribution < 1.29 is 4.79 Å². The molecule has 1 aromatic heterocycles. The van der Waals surface area contributed by atoms with Crippen LogP contribution >= 0.6 is 11.8 Å². The van der Waals surface area contributed by atoms with Crippen molar-refractivity contribution in [1.82, 2.24) is 15.3 Å². The lowest BCUT2D eigenvalue weighted by atomic mass is 9.97. The predicted molar refractivity (Wildman–Crippen MR) is 82.1 cm³/mol. The van der Waals surface area contributed by atoms with Crippen LogP contribution in [0.5, 0.6) is 0 Å². The highest BCUT2D eigenvalue weighted by Gasteiger charge is 2.11. The number of nitrogens with zero attached hydrogens (tertiary/aromatic N) is 2. The second kappa shape index (κ2) is 7.43. The third kappa shape index (κ3) is 4.07. The van der Waals surface area contributed by atoms with Gasteiger partial charge in [0.05, 0.1) is 11.3 Å². The Kier molecular flexibility index (Phi) is 5.59.